The van der Waals surface area contributed by atoms with Crippen molar-refractivity contribution in [1.82, 2.24) is 0 Å². The van der Waals surface area contributed by atoms with E-state index in [1.165, 1.54) is 16.8 Å². The molecule has 2 radical (unpaired) electrons. The third-order valence-electron chi connectivity index (χ3n) is 4.89. The van der Waals surface area contributed by atoms with E-state index < -0.39 is 0 Å². The Labute approximate surface area is 300 Å². The molecule has 0 aliphatic heterocycles. The van der Waals surface area contributed by atoms with Crippen LogP contribution in [0.4, 0.5) is 0 Å². The summed E-state index contributed by atoms with van der Waals surface area (Å²) in [4.78, 5) is 0. The van der Waals surface area contributed by atoms with Crippen LogP contribution in [-0.2, 0) is 65.4 Å². The Morgan fingerprint density at radius 1 is 0.512 bits per heavy atom. The van der Waals surface area contributed by atoms with Crippen molar-refractivity contribution in [3.63, 3.8) is 0 Å². The van der Waals surface area contributed by atoms with E-state index >= 15 is 0 Å². The van der Waals surface area contributed by atoms with Gasteiger partial charge in [0.2, 0.25) is 0 Å². The normalized spacial score (nSPS) is 9.17. The van der Waals surface area contributed by atoms with E-state index in [4.69, 9.17) is 19.7 Å². The number of rotatable bonds is 1. The molecule has 1 aliphatic rings. The van der Waals surface area contributed by atoms with Gasteiger partial charge in [-0.1, -0.05) is 124 Å². The molecule has 0 nitrogen and oxygen atoms in total. The molecule has 0 atom stereocenters. The molecule has 5 aromatic rings. The second-order valence-electron chi connectivity index (χ2n) is 7.71. The zero-order chi connectivity index (χ0) is 26.4. The summed E-state index contributed by atoms with van der Waals surface area (Å²) in [5, 5.41) is 3.91. The van der Waals surface area contributed by atoms with E-state index in [1.807, 2.05) is 72.8 Å². The summed E-state index contributed by atoms with van der Waals surface area (Å²) in [7, 11) is 0. The SMILES string of the molecule is C.C.C1=CCC=C1.[CH-]=Cc1[c-]cccc1.[CH-]=c1ccccc1=[CH-].[Y].[Y].c1ccc2ccccc2c1.c1ccccc1. The van der Waals surface area contributed by atoms with Crippen LogP contribution in [0, 0.1) is 12.6 Å². The van der Waals surface area contributed by atoms with Gasteiger partial charge in [-0.15, -0.1) is 18.2 Å². The van der Waals surface area contributed by atoms with Crippen LogP contribution in [0.2, 0.25) is 0 Å². The Kier molecular flexibility index (Phi) is 30.4. The Morgan fingerprint density at radius 3 is 1.12 bits per heavy atom. The standard InChI is InChI=1S/C10H8.2C8H6.C6H6.C5H6.2CH4.2Y/c1-2-6-10-8-4-3-7-9(10)5-1;1-7-5-3-4-6-8(7)2;1-2-8-6-4-3-5-7-8;1-2-4-6-5-3-1;1-2-4-5-3-1;;;;/h1-8H;2*1-6H;1-6H;1-4H,5H2;2*1H4;;/q;2*-2;;;;;;. The van der Waals surface area contributed by atoms with E-state index in [-0.39, 0.29) is 80.3 Å². The summed E-state index contributed by atoms with van der Waals surface area (Å²) >= 11 is 0. The molecule has 6 rings (SSSR count). The topological polar surface area (TPSA) is 0 Å². The second-order valence-corrected chi connectivity index (χ2v) is 7.71. The number of fused-ring (bicyclic) bond motifs is 1. The fourth-order valence-corrected chi connectivity index (χ4v) is 2.93. The molecule has 0 N–H and O–H groups in total. The van der Waals surface area contributed by atoms with Crippen molar-refractivity contribution >= 4 is 30.0 Å². The maximum absolute atomic E-state index is 5.39. The van der Waals surface area contributed by atoms with Crippen LogP contribution >= 0.6 is 0 Å². The summed E-state index contributed by atoms with van der Waals surface area (Å²) in [5.41, 5.74) is 0.938. The van der Waals surface area contributed by atoms with Crippen molar-refractivity contribution in [3.05, 3.63) is 186 Å². The van der Waals surface area contributed by atoms with Gasteiger partial charge in [0, 0.05) is 65.4 Å². The fourth-order valence-electron chi connectivity index (χ4n) is 2.93. The summed E-state index contributed by atoms with van der Waals surface area (Å²) in [5.74, 6) is 0. The van der Waals surface area contributed by atoms with Gasteiger partial charge in [0.1, 0.15) is 0 Å². The predicted octanol–water partition coefficient (Wildman–Crippen LogP) is 9.49. The van der Waals surface area contributed by atoms with Crippen molar-refractivity contribution in [1.29, 1.82) is 0 Å². The van der Waals surface area contributed by atoms with Gasteiger partial charge in [-0.2, -0.15) is 12.1 Å². The van der Waals surface area contributed by atoms with E-state index in [0.717, 1.165) is 12.0 Å². The van der Waals surface area contributed by atoms with E-state index in [2.05, 4.69) is 78.9 Å². The molecule has 1 aliphatic carbocycles. The maximum atomic E-state index is 5.39. The van der Waals surface area contributed by atoms with E-state index in [0.29, 0.717) is 10.4 Å². The first-order valence-corrected chi connectivity index (χ1v) is 12.1. The number of hydrogen-bond donors (Lipinski definition) is 0. The zero-order valence-electron chi connectivity index (χ0n) is 22.2. The summed E-state index contributed by atoms with van der Waals surface area (Å²) in [6.07, 6.45) is 11.0. The summed E-state index contributed by atoms with van der Waals surface area (Å²) < 4.78 is 0. The Morgan fingerprint density at radius 2 is 0.878 bits per heavy atom. The number of allylic oxidation sites excluding steroid dienone is 4. The zero-order valence-corrected chi connectivity index (χ0v) is 27.9. The van der Waals surface area contributed by atoms with Crippen LogP contribution in [-0.4, -0.2) is 0 Å². The van der Waals surface area contributed by atoms with Crippen LogP contribution in [0.1, 0.15) is 26.8 Å². The molecule has 2 heteroatoms. The van der Waals surface area contributed by atoms with Crippen LogP contribution in [0.5, 0.6) is 0 Å². The van der Waals surface area contributed by atoms with Gasteiger partial charge in [0.25, 0.3) is 0 Å². The monoisotopic (exact) mass is 686 g/mol. The molecule has 0 fully saturated rings. The predicted molar refractivity (Wildman–Crippen MR) is 175 cm³/mol. The Balaban J connectivity index is -0.000000437. The molecular formula is C39H40Y2-4. The molecule has 0 heterocycles. The quantitative estimate of drug-likeness (QED) is 0.154. The molecular weight excluding hydrogens is 646 g/mol. The van der Waals surface area contributed by atoms with Crippen molar-refractivity contribution in [2.24, 2.45) is 0 Å². The largest absolute Gasteiger partial charge is 0.344 e. The van der Waals surface area contributed by atoms with E-state index in [1.54, 1.807) is 12.1 Å². The molecule has 0 saturated heterocycles. The number of hydrogen-bond acceptors (Lipinski definition) is 0. The molecule has 0 amide bonds. The first kappa shape index (κ1) is 43.0. The molecule has 41 heavy (non-hydrogen) atoms. The van der Waals surface area contributed by atoms with Gasteiger partial charge < -0.3 is 28.7 Å². The molecule has 0 saturated carbocycles. The summed E-state index contributed by atoms with van der Waals surface area (Å²) in [6.45, 7) is 16.0. The van der Waals surface area contributed by atoms with Crippen molar-refractivity contribution in [3.8, 4) is 0 Å². The van der Waals surface area contributed by atoms with Crippen molar-refractivity contribution < 1.29 is 65.4 Å². The first-order chi connectivity index (χ1) is 18.2. The maximum Gasteiger partial charge on any atom is 0 e. The van der Waals surface area contributed by atoms with Gasteiger partial charge in [0.05, 0.1) is 0 Å². The molecule has 0 aromatic heterocycles. The first-order valence-electron chi connectivity index (χ1n) is 12.1. The van der Waals surface area contributed by atoms with Gasteiger partial charge in [0.15, 0.2) is 0 Å². The molecule has 0 spiro atoms. The average molecular weight is 687 g/mol. The molecule has 0 unspecified atom stereocenters. The molecule has 5 aromatic carbocycles. The minimum Gasteiger partial charge on any atom is -0.344 e. The molecule has 0 bridgehead atoms. The third-order valence-corrected chi connectivity index (χ3v) is 4.89. The Hall–Kier alpha value is -2.47. The average Bonchev–Trinajstić information content (AvgIpc) is 3.58. The van der Waals surface area contributed by atoms with Crippen LogP contribution in [0.25, 0.3) is 30.0 Å². The molecule has 206 valence electrons. The number of benzene rings is 5. The van der Waals surface area contributed by atoms with Crippen LogP contribution < -0.4 is 10.4 Å². The van der Waals surface area contributed by atoms with Gasteiger partial charge >= 0.3 is 0 Å². The third kappa shape index (κ3) is 21.0. The van der Waals surface area contributed by atoms with Crippen molar-refractivity contribution in [2.45, 2.75) is 21.3 Å². The summed E-state index contributed by atoms with van der Waals surface area (Å²) in [6, 6.07) is 46.5. The van der Waals surface area contributed by atoms with Crippen LogP contribution in [0.15, 0.2) is 158 Å². The minimum atomic E-state index is 0. The Bertz CT molecular complexity index is 1310. The van der Waals surface area contributed by atoms with Gasteiger partial charge in [-0.05, 0) is 17.2 Å². The van der Waals surface area contributed by atoms with Gasteiger partial charge in [-0.3, -0.25) is 13.2 Å². The minimum absolute atomic E-state index is 0. The fraction of sp³-hybridized carbons (Fsp3) is 0.0769. The van der Waals surface area contributed by atoms with Crippen LogP contribution in [0.3, 0.4) is 0 Å². The van der Waals surface area contributed by atoms with E-state index in [9.17, 15) is 0 Å². The van der Waals surface area contributed by atoms with Gasteiger partial charge in [-0.25, -0.2) is 24.3 Å². The smallest absolute Gasteiger partial charge is 0 e. The second kappa shape index (κ2) is 29.0. The van der Waals surface area contributed by atoms with Crippen molar-refractivity contribution in [2.75, 3.05) is 0 Å².